The molecule has 0 amide bonds. The van der Waals surface area contributed by atoms with E-state index in [0.717, 1.165) is 17.7 Å². The van der Waals surface area contributed by atoms with Crippen LogP contribution in [0, 0.1) is 0 Å². The molecule has 0 fully saturated rings. The Bertz CT molecular complexity index is 778. The third-order valence-corrected chi connectivity index (χ3v) is 4.44. The number of ether oxygens (including phenoxy) is 1. The molecule has 3 nitrogen and oxygen atoms in total. The van der Waals surface area contributed by atoms with Crippen LogP contribution in [0.5, 0.6) is 5.75 Å². The van der Waals surface area contributed by atoms with Crippen LogP contribution in [0.2, 0.25) is 0 Å². The van der Waals surface area contributed by atoms with Crippen molar-refractivity contribution < 1.29 is 4.74 Å². The van der Waals surface area contributed by atoms with Gasteiger partial charge in [-0.05, 0) is 36.6 Å². The Hall–Kier alpha value is -2.26. The summed E-state index contributed by atoms with van der Waals surface area (Å²) in [6.07, 6.45) is 3.10. The van der Waals surface area contributed by atoms with Gasteiger partial charge in [0.05, 0.1) is 0 Å². The molecule has 2 N–H and O–H groups in total. The van der Waals surface area contributed by atoms with E-state index < -0.39 is 0 Å². The maximum atomic E-state index is 6.05. The first-order valence-corrected chi connectivity index (χ1v) is 7.84. The first-order valence-electron chi connectivity index (χ1n) is 7.84. The van der Waals surface area contributed by atoms with Crippen LogP contribution in [0.25, 0.3) is 10.9 Å². The van der Waals surface area contributed by atoms with Gasteiger partial charge >= 0.3 is 0 Å². The van der Waals surface area contributed by atoms with Crippen molar-refractivity contribution in [3.63, 3.8) is 0 Å². The number of aromatic nitrogens is 1. The lowest BCUT2D eigenvalue weighted by molar-refractivity contribution is 0.260. The summed E-state index contributed by atoms with van der Waals surface area (Å²) in [5, 5.41) is 4.94. The molecular weight excluding hydrogens is 272 g/mol. The van der Waals surface area contributed by atoms with E-state index in [-0.39, 0.29) is 0 Å². The molecule has 0 aliphatic carbocycles. The van der Waals surface area contributed by atoms with Gasteiger partial charge < -0.3 is 15.0 Å². The highest BCUT2D eigenvalue weighted by molar-refractivity contribution is 5.89. The summed E-state index contributed by atoms with van der Waals surface area (Å²) in [6, 6.07) is 17.4. The molecule has 0 saturated carbocycles. The number of benzene rings is 2. The zero-order valence-electron chi connectivity index (χ0n) is 12.7. The molecule has 1 aliphatic rings. The van der Waals surface area contributed by atoms with Crippen LogP contribution < -0.4 is 10.1 Å². The van der Waals surface area contributed by atoms with Crippen molar-refractivity contribution in [1.29, 1.82) is 0 Å². The zero-order chi connectivity index (χ0) is 14.9. The monoisotopic (exact) mass is 292 g/mol. The zero-order valence-corrected chi connectivity index (χ0v) is 12.7. The van der Waals surface area contributed by atoms with Gasteiger partial charge in [0.1, 0.15) is 12.4 Å². The minimum Gasteiger partial charge on any atom is -0.491 e. The van der Waals surface area contributed by atoms with Crippen LogP contribution in [-0.4, -0.2) is 17.6 Å². The smallest absolute Gasteiger partial charge is 0.129 e. The molecular formula is C19H20N2O. The Morgan fingerprint density at radius 2 is 2.00 bits per heavy atom. The largest absolute Gasteiger partial charge is 0.491 e. The Labute approximate surface area is 130 Å². The molecule has 0 spiro atoms. The van der Waals surface area contributed by atoms with E-state index in [9.17, 15) is 0 Å². The lowest BCUT2D eigenvalue weighted by Gasteiger charge is -2.22. The summed E-state index contributed by atoms with van der Waals surface area (Å²) < 4.78 is 6.05. The first kappa shape index (κ1) is 13.4. The summed E-state index contributed by atoms with van der Waals surface area (Å²) in [6.45, 7) is 2.91. The molecule has 1 aliphatic heterocycles. The fourth-order valence-corrected chi connectivity index (χ4v) is 3.31. The Kier molecular flexibility index (Phi) is 3.35. The number of H-pyrrole nitrogens is 1. The van der Waals surface area contributed by atoms with Gasteiger partial charge in [0.25, 0.3) is 0 Å². The van der Waals surface area contributed by atoms with E-state index >= 15 is 0 Å². The molecule has 3 heteroatoms. The molecule has 0 saturated heterocycles. The maximum Gasteiger partial charge on any atom is 0.129 e. The molecule has 4 rings (SSSR count). The second-order valence-corrected chi connectivity index (χ2v) is 6.00. The normalized spacial score (nSPS) is 18.7. The van der Waals surface area contributed by atoms with Crippen molar-refractivity contribution in [2.24, 2.45) is 0 Å². The van der Waals surface area contributed by atoms with E-state index in [2.05, 4.69) is 65.9 Å². The van der Waals surface area contributed by atoms with Gasteiger partial charge in [-0.25, -0.2) is 0 Å². The summed E-state index contributed by atoms with van der Waals surface area (Å²) >= 11 is 0. The quantitative estimate of drug-likeness (QED) is 0.770. The number of nitrogens with one attached hydrogen (secondary N) is 2. The second-order valence-electron chi connectivity index (χ2n) is 6.00. The predicted molar refractivity (Wildman–Crippen MR) is 89.3 cm³/mol. The van der Waals surface area contributed by atoms with Crippen molar-refractivity contribution in [1.82, 2.24) is 10.3 Å². The molecule has 1 unspecified atom stereocenters. The molecule has 0 radical (unpaired) electrons. The Morgan fingerprint density at radius 3 is 2.86 bits per heavy atom. The predicted octanol–water partition coefficient (Wildman–Crippen LogP) is 3.82. The minimum atomic E-state index is 0.307. The van der Waals surface area contributed by atoms with Gasteiger partial charge in [-0.2, -0.15) is 0 Å². The fraction of sp³-hybridized carbons (Fsp3) is 0.263. The molecule has 1 aromatic heterocycles. The highest BCUT2D eigenvalue weighted by atomic mass is 16.5. The molecule has 2 heterocycles. The number of rotatable bonds is 3. The van der Waals surface area contributed by atoms with Crippen LogP contribution in [-0.2, 0) is 6.42 Å². The SMILES string of the molecule is C[C@H](NC1COc2cccc3[nH]cc(c23)C1)c1ccccc1. The van der Waals surface area contributed by atoms with Gasteiger partial charge in [-0.1, -0.05) is 36.4 Å². The Balaban J connectivity index is 1.56. The third-order valence-electron chi connectivity index (χ3n) is 4.44. The average Bonchev–Trinajstić information content (AvgIpc) is 2.88. The van der Waals surface area contributed by atoms with Crippen molar-refractivity contribution in [2.75, 3.05) is 6.61 Å². The van der Waals surface area contributed by atoms with Crippen molar-refractivity contribution >= 4 is 10.9 Å². The maximum absolute atomic E-state index is 6.05. The summed E-state index contributed by atoms with van der Waals surface area (Å²) in [7, 11) is 0. The lowest BCUT2D eigenvalue weighted by Crippen LogP contribution is -2.37. The van der Waals surface area contributed by atoms with Crippen molar-refractivity contribution in [2.45, 2.75) is 25.4 Å². The number of hydrogen-bond donors (Lipinski definition) is 2. The Morgan fingerprint density at radius 1 is 1.14 bits per heavy atom. The highest BCUT2D eigenvalue weighted by Crippen LogP contribution is 2.32. The van der Waals surface area contributed by atoms with Crippen LogP contribution >= 0.6 is 0 Å². The van der Waals surface area contributed by atoms with Crippen LogP contribution in [0.15, 0.2) is 54.7 Å². The van der Waals surface area contributed by atoms with Crippen LogP contribution in [0.1, 0.15) is 24.1 Å². The molecule has 22 heavy (non-hydrogen) atoms. The van der Waals surface area contributed by atoms with Crippen molar-refractivity contribution in [3.05, 3.63) is 65.9 Å². The minimum absolute atomic E-state index is 0.307. The average molecular weight is 292 g/mol. The summed E-state index contributed by atoms with van der Waals surface area (Å²) in [4.78, 5) is 3.35. The summed E-state index contributed by atoms with van der Waals surface area (Å²) in [5.41, 5.74) is 3.80. The molecule has 3 aromatic rings. The van der Waals surface area contributed by atoms with Gasteiger partial charge in [-0.3, -0.25) is 0 Å². The van der Waals surface area contributed by atoms with Crippen LogP contribution in [0.3, 0.4) is 0 Å². The topological polar surface area (TPSA) is 37.0 Å². The van der Waals surface area contributed by atoms with E-state index in [4.69, 9.17) is 4.74 Å². The second kappa shape index (κ2) is 5.50. The fourth-order valence-electron chi connectivity index (χ4n) is 3.31. The highest BCUT2D eigenvalue weighted by Gasteiger charge is 2.21. The molecule has 2 atom stereocenters. The lowest BCUT2D eigenvalue weighted by atomic mass is 10.0. The van der Waals surface area contributed by atoms with E-state index in [1.54, 1.807) is 0 Å². The molecule has 0 bridgehead atoms. The summed E-state index contributed by atoms with van der Waals surface area (Å²) in [5.74, 6) is 0.991. The van der Waals surface area contributed by atoms with Crippen LogP contribution in [0.4, 0.5) is 0 Å². The standard InChI is InChI=1S/C19H20N2O/c1-13(14-6-3-2-4-7-14)21-16-10-15-11-20-17-8-5-9-18(19(15)17)22-12-16/h2-9,11,13,16,20-21H,10,12H2,1H3/t13-,16?/m0/s1. The van der Waals surface area contributed by atoms with Gasteiger partial charge in [-0.15, -0.1) is 0 Å². The molecule has 112 valence electrons. The van der Waals surface area contributed by atoms with Crippen molar-refractivity contribution in [3.8, 4) is 5.75 Å². The number of aromatic amines is 1. The van der Waals surface area contributed by atoms with Gasteiger partial charge in [0, 0.05) is 29.2 Å². The van der Waals surface area contributed by atoms with Gasteiger partial charge in [0.15, 0.2) is 0 Å². The van der Waals surface area contributed by atoms with E-state index in [1.165, 1.54) is 16.5 Å². The molecule has 2 aromatic carbocycles. The first-order chi connectivity index (χ1) is 10.8. The van der Waals surface area contributed by atoms with E-state index in [1.807, 2.05) is 6.07 Å². The van der Waals surface area contributed by atoms with Gasteiger partial charge in [0.2, 0.25) is 0 Å². The number of hydrogen-bond acceptors (Lipinski definition) is 2. The third kappa shape index (κ3) is 2.38. The van der Waals surface area contributed by atoms with E-state index in [0.29, 0.717) is 18.7 Å².